The summed E-state index contributed by atoms with van der Waals surface area (Å²) in [6.07, 6.45) is 2.57. The minimum atomic E-state index is -0.743. The smallest absolute Gasteiger partial charge is 0.303 e. The summed E-state index contributed by atoms with van der Waals surface area (Å²) in [7, 11) is 0. The molecule has 3 nitrogen and oxygen atoms in total. The number of halogens is 2. The quantitative estimate of drug-likeness (QED) is 0.746. The zero-order chi connectivity index (χ0) is 12.1. The molecule has 16 heavy (non-hydrogen) atoms. The highest BCUT2D eigenvalue weighted by molar-refractivity contribution is 9.12. The van der Waals surface area contributed by atoms with Crippen LogP contribution in [-0.4, -0.2) is 11.1 Å². The molecule has 1 rings (SSSR count). The molecular weight excluding hydrogens is 358 g/mol. The molecule has 0 bridgehead atoms. The van der Waals surface area contributed by atoms with Crippen molar-refractivity contribution in [1.82, 2.24) is 0 Å². The highest BCUT2D eigenvalue weighted by atomic mass is 79.9. The number of carboxylic acid groups (broad SMARTS) is 1. The standard InChI is InChI=1S/C10H13Br2NO2S/c11-8-5-6(10(12)16-8)7(13)3-1-2-4-9(14)15/h5,7H,1-4,13H2,(H,14,15). The third-order valence-electron chi connectivity index (χ3n) is 2.24. The van der Waals surface area contributed by atoms with Gasteiger partial charge in [-0.2, -0.15) is 0 Å². The maximum Gasteiger partial charge on any atom is 0.303 e. The molecule has 0 saturated carbocycles. The topological polar surface area (TPSA) is 63.3 Å². The summed E-state index contributed by atoms with van der Waals surface area (Å²) in [5.41, 5.74) is 7.12. The van der Waals surface area contributed by atoms with Crippen molar-refractivity contribution >= 4 is 49.2 Å². The number of aliphatic carboxylic acids is 1. The zero-order valence-electron chi connectivity index (χ0n) is 8.58. The predicted octanol–water partition coefficient (Wildman–Crippen LogP) is 3.92. The first-order valence-corrected chi connectivity index (χ1v) is 7.33. The Bertz CT molecular complexity index is 368. The molecule has 1 aromatic rings. The van der Waals surface area contributed by atoms with E-state index in [9.17, 15) is 4.79 Å². The SMILES string of the molecule is NC(CCCCC(=O)O)c1cc(Br)sc1Br. The van der Waals surface area contributed by atoms with Crippen LogP contribution in [0.1, 0.15) is 37.3 Å². The molecule has 0 saturated heterocycles. The fraction of sp³-hybridized carbons (Fsp3) is 0.500. The van der Waals surface area contributed by atoms with E-state index in [1.165, 1.54) is 0 Å². The first-order valence-electron chi connectivity index (χ1n) is 4.93. The van der Waals surface area contributed by atoms with Gasteiger partial charge in [0.1, 0.15) is 0 Å². The van der Waals surface area contributed by atoms with Crippen molar-refractivity contribution < 1.29 is 9.90 Å². The lowest BCUT2D eigenvalue weighted by atomic mass is 10.0. The molecule has 1 heterocycles. The van der Waals surface area contributed by atoms with Crippen LogP contribution in [-0.2, 0) is 4.79 Å². The molecule has 1 unspecified atom stereocenters. The third-order valence-corrected chi connectivity index (χ3v) is 4.62. The molecule has 0 aromatic carbocycles. The fourth-order valence-corrected chi connectivity index (χ4v) is 4.40. The second kappa shape index (κ2) is 6.74. The van der Waals surface area contributed by atoms with Crippen LogP contribution in [0.25, 0.3) is 0 Å². The molecule has 0 fully saturated rings. The summed E-state index contributed by atoms with van der Waals surface area (Å²) in [4.78, 5) is 10.3. The van der Waals surface area contributed by atoms with Gasteiger partial charge in [-0.15, -0.1) is 11.3 Å². The molecule has 0 radical (unpaired) electrons. The molecule has 0 amide bonds. The van der Waals surface area contributed by atoms with Gasteiger partial charge in [0.2, 0.25) is 0 Å². The van der Waals surface area contributed by atoms with Gasteiger partial charge in [-0.25, -0.2) is 0 Å². The lowest BCUT2D eigenvalue weighted by molar-refractivity contribution is -0.137. The predicted molar refractivity (Wildman–Crippen MR) is 72.8 cm³/mol. The minimum Gasteiger partial charge on any atom is -0.481 e. The zero-order valence-corrected chi connectivity index (χ0v) is 12.6. The summed E-state index contributed by atoms with van der Waals surface area (Å²) >= 11 is 8.47. The van der Waals surface area contributed by atoms with Crippen molar-refractivity contribution in [3.8, 4) is 0 Å². The van der Waals surface area contributed by atoms with E-state index < -0.39 is 5.97 Å². The molecule has 0 aliphatic rings. The van der Waals surface area contributed by atoms with E-state index in [2.05, 4.69) is 31.9 Å². The van der Waals surface area contributed by atoms with E-state index in [-0.39, 0.29) is 12.5 Å². The van der Waals surface area contributed by atoms with Gasteiger partial charge in [-0.3, -0.25) is 4.79 Å². The Morgan fingerprint density at radius 1 is 1.50 bits per heavy atom. The van der Waals surface area contributed by atoms with Gasteiger partial charge < -0.3 is 10.8 Å². The first-order chi connectivity index (χ1) is 7.50. The molecule has 1 atom stereocenters. The van der Waals surface area contributed by atoms with Gasteiger partial charge >= 0.3 is 5.97 Å². The van der Waals surface area contributed by atoms with Crippen LogP contribution in [0.5, 0.6) is 0 Å². The molecule has 90 valence electrons. The van der Waals surface area contributed by atoms with E-state index in [1.807, 2.05) is 6.07 Å². The fourth-order valence-electron chi connectivity index (χ4n) is 1.40. The van der Waals surface area contributed by atoms with Gasteiger partial charge in [0, 0.05) is 12.5 Å². The van der Waals surface area contributed by atoms with Crippen molar-refractivity contribution in [2.75, 3.05) is 0 Å². The molecule has 0 aliphatic heterocycles. The Balaban J connectivity index is 2.38. The van der Waals surface area contributed by atoms with E-state index in [4.69, 9.17) is 10.8 Å². The van der Waals surface area contributed by atoms with E-state index in [0.29, 0.717) is 6.42 Å². The first kappa shape index (κ1) is 14.2. The Labute approximate surface area is 115 Å². The Hall–Kier alpha value is 0.0900. The van der Waals surface area contributed by atoms with Crippen molar-refractivity contribution in [3.63, 3.8) is 0 Å². The summed E-state index contributed by atoms with van der Waals surface area (Å²) < 4.78 is 2.10. The molecule has 6 heteroatoms. The Morgan fingerprint density at radius 2 is 2.19 bits per heavy atom. The number of rotatable bonds is 6. The van der Waals surface area contributed by atoms with Crippen LogP contribution >= 0.6 is 43.2 Å². The lowest BCUT2D eigenvalue weighted by Crippen LogP contribution is -2.09. The number of nitrogens with two attached hydrogens (primary N) is 1. The maximum absolute atomic E-state index is 10.3. The number of carbonyl (C=O) groups is 1. The highest BCUT2D eigenvalue weighted by Crippen LogP contribution is 2.36. The number of thiophene rings is 1. The van der Waals surface area contributed by atoms with E-state index >= 15 is 0 Å². The summed E-state index contributed by atoms with van der Waals surface area (Å²) in [6, 6.07) is 1.99. The molecule has 0 spiro atoms. The Kier molecular flexibility index (Phi) is 5.96. The van der Waals surface area contributed by atoms with Gasteiger partial charge in [0.15, 0.2) is 0 Å². The summed E-state index contributed by atoms with van der Waals surface area (Å²) in [6.45, 7) is 0. The molecule has 0 aliphatic carbocycles. The second-order valence-electron chi connectivity index (χ2n) is 3.53. The van der Waals surface area contributed by atoms with Crippen LogP contribution < -0.4 is 5.73 Å². The number of hydrogen-bond acceptors (Lipinski definition) is 3. The lowest BCUT2D eigenvalue weighted by Gasteiger charge is -2.09. The van der Waals surface area contributed by atoms with Gasteiger partial charge in [0.05, 0.1) is 7.57 Å². The molecule has 3 N–H and O–H groups in total. The third kappa shape index (κ3) is 4.53. The van der Waals surface area contributed by atoms with E-state index in [1.54, 1.807) is 11.3 Å². The van der Waals surface area contributed by atoms with Crippen molar-refractivity contribution in [2.24, 2.45) is 5.73 Å². The van der Waals surface area contributed by atoms with Crippen molar-refractivity contribution in [2.45, 2.75) is 31.7 Å². The number of hydrogen-bond donors (Lipinski definition) is 2. The van der Waals surface area contributed by atoms with Gasteiger partial charge in [-0.1, -0.05) is 6.42 Å². The maximum atomic E-state index is 10.3. The number of carboxylic acids is 1. The largest absolute Gasteiger partial charge is 0.481 e. The number of unbranched alkanes of at least 4 members (excludes halogenated alkanes) is 1. The van der Waals surface area contributed by atoms with Gasteiger partial charge in [-0.05, 0) is 56.3 Å². The summed E-state index contributed by atoms with van der Waals surface area (Å²) in [5, 5.41) is 8.50. The Morgan fingerprint density at radius 3 is 2.69 bits per heavy atom. The van der Waals surface area contributed by atoms with Crippen LogP contribution in [0.3, 0.4) is 0 Å². The second-order valence-corrected chi connectivity index (χ2v) is 7.27. The minimum absolute atomic E-state index is 0.0225. The van der Waals surface area contributed by atoms with Crippen molar-refractivity contribution in [1.29, 1.82) is 0 Å². The normalized spacial score (nSPS) is 12.7. The average molecular weight is 371 g/mol. The highest BCUT2D eigenvalue weighted by Gasteiger charge is 2.13. The van der Waals surface area contributed by atoms with Crippen LogP contribution in [0.15, 0.2) is 13.6 Å². The monoisotopic (exact) mass is 369 g/mol. The molecule has 1 aromatic heterocycles. The summed E-state index contributed by atoms with van der Waals surface area (Å²) in [5.74, 6) is -0.743. The van der Waals surface area contributed by atoms with E-state index in [0.717, 1.165) is 26.0 Å². The van der Waals surface area contributed by atoms with Crippen LogP contribution in [0, 0.1) is 0 Å². The van der Waals surface area contributed by atoms with Crippen LogP contribution in [0.4, 0.5) is 0 Å². The molecular formula is C10H13Br2NO2S. The average Bonchev–Trinajstić information content (AvgIpc) is 2.52. The van der Waals surface area contributed by atoms with Gasteiger partial charge in [0.25, 0.3) is 0 Å². The van der Waals surface area contributed by atoms with Crippen molar-refractivity contribution in [3.05, 3.63) is 19.2 Å². The van der Waals surface area contributed by atoms with Crippen LogP contribution in [0.2, 0.25) is 0 Å².